The number of hydrogen-bond acceptors (Lipinski definition) is 2. The van der Waals surface area contributed by atoms with Gasteiger partial charge in [-0.15, -0.1) is 0 Å². The van der Waals surface area contributed by atoms with E-state index in [-0.39, 0.29) is 0 Å². The maximum atomic E-state index is 11.0. The number of carbonyl (C=O) groups excluding carboxylic acids is 1. The Bertz CT molecular complexity index is 562. The van der Waals surface area contributed by atoms with Gasteiger partial charge < -0.3 is 4.74 Å². The number of aryl methyl sites for hydroxylation is 3. The van der Waals surface area contributed by atoms with E-state index in [4.69, 9.17) is 4.74 Å². The third kappa shape index (κ3) is 2.43. The van der Waals surface area contributed by atoms with Crippen molar-refractivity contribution in [3.8, 4) is 11.5 Å². The van der Waals surface area contributed by atoms with E-state index in [9.17, 15) is 4.79 Å². The quantitative estimate of drug-likeness (QED) is 0.751. The van der Waals surface area contributed by atoms with Crippen LogP contribution in [-0.2, 0) is 0 Å². The van der Waals surface area contributed by atoms with E-state index < -0.39 is 0 Å². The number of carbonyl (C=O) groups is 1. The highest BCUT2D eigenvalue weighted by Gasteiger charge is 2.08. The zero-order valence-electron chi connectivity index (χ0n) is 10.9. The Hall–Kier alpha value is -2.09. The molecule has 0 saturated heterocycles. The molecule has 0 bridgehead atoms. The molecule has 0 unspecified atom stereocenters. The second kappa shape index (κ2) is 5.05. The fraction of sp³-hybridized carbons (Fsp3) is 0.188. The Kier molecular flexibility index (Phi) is 3.47. The number of aldehydes is 1. The molecule has 2 rings (SSSR count). The summed E-state index contributed by atoms with van der Waals surface area (Å²) in [4.78, 5) is 11.0. The summed E-state index contributed by atoms with van der Waals surface area (Å²) in [6.07, 6.45) is 0.814. The topological polar surface area (TPSA) is 26.3 Å². The predicted octanol–water partition coefficient (Wildman–Crippen LogP) is 4.22. The molecule has 2 heteroatoms. The van der Waals surface area contributed by atoms with Gasteiger partial charge in [0, 0.05) is 0 Å². The van der Waals surface area contributed by atoms with Crippen LogP contribution < -0.4 is 4.74 Å². The Morgan fingerprint density at radius 3 is 2.22 bits per heavy atom. The molecule has 0 N–H and O–H groups in total. The van der Waals surface area contributed by atoms with E-state index in [0.717, 1.165) is 23.2 Å². The molecule has 0 amide bonds. The third-order valence-electron chi connectivity index (χ3n) is 2.86. The van der Waals surface area contributed by atoms with Crippen molar-refractivity contribution in [2.75, 3.05) is 0 Å². The van der Waals surface area contributed by atoms with Crippen LogP contribution >= 0.6 is 0 Å². The highest BCUT2D eigenvalue weighted by molar-refractivity contribution is 5.79. The van der Waals surface area contributed by atoms with Crippen molar-refractivity contribution in [1.82, 2.24) is 0 Å². The van der Waals surface area contributed by atoms with Crippen molar-refractivity contribution < 1.29 is 9.53 Å². The van der Waals surface area contributed by atoms with Crippen LogP contribution in [-0.4, -0.2) is 6.29 Å². The second-order valence-electron chi connectivity index (χ2n) is 4.49. The SMILES string of the molecule is Cc1cc(C)c(Oc2ccccc2C=O)c(C)c1. The minimum Gasteiger partial charge on any atom is -0.456 e. The minimum atomic E-state index is 0.567. The average molecular weight is 240 g/mol. The first-order valence-electron chi connectivity index (χ1n) is 5.91. The summed E-state index contributed by atoms with van der Waals surface area (Å²) < 4.78 is 5.89. The van der Waals surface area contributed by atoms with E-state index in [1.54, 1.807) is 6.07 Å². The van der Waals surface area contributed by atoms with Crippen molar-refractivity contribution in [2.45, 2.75) is 20.8 Å². The lowest BCUT2D eigenvalue weighted by atomic mass is 10.1. The highest BCUT2D eigenvalue weighted by atomic mass is 16.5. The summed E-state index contributed by atoms with van der Waals surface area (Å²) in [5.74, 6) is 1.43. The molecule has 0 radical (unpaired) electrons. The molecule has 0 aromatic heterocycles. The van der Waals surface area contributed by atoms with Crippen LogP contribution in [0.4, 0.5) is 0 Å². The third-order valence-corrected chi connectivity index (χ3v) is 2.86. The largest absolute Gasteiger partial charge is 0.456 e. The standard InChI is InChI=1S/C16H16O2/c1-11-8-12(2)16(13(3)9-11)18-15-7-5-4-6-14(15)10-17/h4-10H,1-3H3. The van der Waals surface area contributed by atoms with Crippen LogP contribution in [0.1, 0.15) is 27.0 Å². The van der Waals surface area contributed by atoms with Crippen molar-refractivity contribution in [1.29, 1.82) is 0 Å². The smallest absolute Gasteiger partial charge is 0.153 e. The van der Waals surface area contributed by atoms with E-state index in [0.29, 0.717) is 11.3 Å². The van der Waals surface area contributed by atoms with E-state index >= 15 is 0 Å². The summed E-state index contributed by atoms with van der Waals surface area (Å²) >= 11 is 0. The number of ether oxygens (including phenoxy) is 1. The minimum absolute atomic E-state index is 0.567. The Balaban J connectivity index is 2.43. The van der Waals surface area contributed by atoms with Crippen LogP contribution in [0.3, 0.4) is 0 Å². The van der Waals surface area contributed by atoms with Gasteiger partial charge in [0.05, 0.1) is 5.56 Å². The Labute approximate surface area is 107 Å². The summed E-state index contributed by atoms with van der Waals surface area (Å²) in [5, 5.41) is 0. The second-order valence-corrected chi connectivity index (χ2v) is 4.49. The number of para-hydroxylation sites is 1. The fourth-order valence-electron chi connectivity index (χ4n) is 2.11. The first-order valence-corrected chi connectivity index (χ1v) is 5.91. The van der Waals surface area contributed by atoms with E-state index in [1.165, 1.54) is 5.56 Å². The molecule has 0 aliphatic carbocycles. The van der Waals surface area contributed by atoms with Gasteiger partial charge in [0.15, 0.2) is 6.29 Å². The van der Waals surface area contributed by atoms with Gasteiger partial charge in [0.25, 0.3) is 0 Å². The fourth-order valence-corrected chi connectivity index (χ4v) is 2.11. The van der Waals surface area contributed by atoms with Crippen molar-refractivity contribution in [3.05, 3.63) is 58.7 Å². The van der Waals surface area contributed by atoms with Gasteiger partial charge >= 0.3 is 0 Å². The van der Waals surface area contributed by atoms with E-state index in [2.05, 4.69) is 19.1 Å². The van der Waals surface area contributed by atoms with Crippen molar-refractivity contribution in [2.24, 2.45) is 0 Å². The molecule has 0 fully saturated rings. The first-order chi connectivity index (χ1) is 8.61. The molecule has 0 spiro atoms. The van der Waals surface area contributed by atoms with Crippen LogP contribution in [0.2, 0.25) is 0 Å². The molecule has 0 aliphatic rings. The summed E-state index contributed by atoms with van der Waals surface area (Å²) in [6.45, 7) is 6.08. The molecule has 92 valence electrons. The van der Waals surface area contributed by atoms with Crippen LogP contribution in [0, 0.1) is 20.8 Å². The molecule has 0 aliphatic heterocycles. The Morgan fingerprint density at radius 2 is 1.61 bits per heavy atom. The van der Waals surface area contributed by atoms with Gasteiger partial charge in [-0.05, 0) is 44.0 Å². The molecular weight excluding hydrogens is 224 g/mol. The first kappa shape index (κ1) is 12.4. The lowest BCUT2D eigenvalue weighted by Gasteiger charge is -2.13. The lowest BCUT2D eigenvalue weighted by molar-refractivity contribution is 0.112. The maximum Gasteiger partial charge on any atom is 0.153 e. The van der Waals surface area contributed by atoms with Crippen LogP contribution in [0.25, 0.3) is 0 Å². The monoisotopic (exact) mass is 240 g/mol. The number of hydrogen-bond donors (Lipinski definition) is 0. The normalized spacial score (nSPS) is 10.2. The molecule has 18 heavy (non-hydrogen) atoms. The number of benzene rings is 2. The summed E-state index contributed by atoms with van der Waals surface area (Å²) in [6, 6.07) is 11.4. The van der Waals surface area contributed by atoms with Crippen molar-refractivity contribution in [3.63, 3.8) is 0 Å². The van der Waals surface area contributed by atoms with Gasteiger partial charge in [-0.25, -0.2) is 0 Å². The van der Waals surface area contributed by atoms with Gasteiger partial charge in [-0.3, -0.25) is 4.79 Å². The zero-order chi connectivity index (χ0) is 13.1. The lowest BCUT2D eigenvalue weighted by Crippen LogP contribution is -1.95. The molecule has 2 nitrogen and oxygen atoms in total. The molecule has 0 saturated carbocycles. The van der Waals surface area contributed by atoms with Crippen molar-refractivity contribution >= 4 is 6.29 Å². The molecule has 2 aromatic rings. The van der Waals surface area contributed by atoms with Gasteiger partial charge in [0.1, 0.15) is 11.5 Å². The highest BCUT2D eigenvalue weighted by Crippen LogP contribution is 2.31. The molecule has 2 aromatic carbocycles. The van der Waals surface area contributed by atoms with E-state index in [1.807, 2.05) is 32.0 Å². The predicted molar refractivity (Wildman–Crippen MR) is 72.6 cm³/mol. The molecule has 0 atom stereocenters. The maximum absolute atomic E-state index is 11.0. The number of rotatable bonds is 3. The van der Waals surface area contributed by atoms with Gasteiger partial charge in [-0.1, -0.05) is 29.8 Å². The van der Waals surface area contributed by atoms with Gasteiger partial charge in [0.2, 0.25) is 0 Å². The van der Waals surface area contributed by atoms with Crippen LogP contribution in [0.15, 0.2) is 36.4 Å². The summed E-state index contributed by atoms with van der Waals surface area (Å²) in [7, 11) is 0. The van der Waals surface area contributed by atoms with Crippen LogP contribution in [0.5, 0.6) is 11.5 Å². The average Bonchev–Trinajstić information content (AvgIpc) is 2.34. The Morgan fingerprint density at radius 1 is 1.00 bits per heavy atom. The molecular formula is C16H16O2. The van der Waals surface area contributed by atoms with Gasteiger partial charge in [-0.2, -0.15) is 0 Å². The zero-order valence-corrected chi connectivity index (χ0v) is 10.9. The summed E-state index contributed by atoms with van der Waals surface area (Å²) in [5.41, 5.74) is 3.93. The molecule has 0 heterocycles.